The maximum Gasteiger partial charge on any atom is 0.343 e. The summed E-state index contributed by atoms with van der Waals surface area (Å²) in [5.41, 5.74) is -5.13. The van der Waals surface area contributed by atoms with Crippen molar-refractivity contribution in [1.29, 1.82) is 0 Å². The highest BCUT2D eigenvalue weighted by Gasteiger charge is 2.65. The van der Waals surface area contributed by atoms with E-state index in [1.54, 1.807) is 6.92 Å². The van der Waals surface area contributed by atoms with E-state index in [9.17, 15) is 22.0 Å². The highest BCUT2D eigenvalue weighted by molar-refractivity contribution is 5.77. The monoisotopic (exact) mass is 520 g/mol. The van der Waals surface area contributed by atoms with Crippen molar-refractivity contribution in [3.05, 3.63) is 76.1 Å². The van der Waals surface area contributed by atoms with Gasteiger partial charge in [0.1, 0.15) is 18.5 Å². The molecule has 2 aliphatic rings. The fraction of sp³-hybridized carbons (Fsp3) is 0.360. The Bertz CT molecular complexity index is 1250. The highest BCUT2D eigenvalue weighted by Crippen LogP contribution is 2.60. The van der Waals surface area contributed by atoms with Crippen LogP contribution in [0.15, 0.2) is 47.8 Å². The van der Waals surface area contributed by atoms with Crippen LogP contribution in [-0.2, 0) is 27.9 Å². The number of allylic oxidation sites excluding steroid dienone is 1. The summed E-state index contributed by atoms with van der Waals surface area (Å²) in [6.45, 7) is 2.20. The molecule has 1 atom stereocenters. The van der Waals surface area contributed by atoms with Gasteiger partial charge >= 0.3 is 11.8 Å². The topological polar surface area (TPSA) is 27.7 Å². The summed E-state index contributed by atoms with van der Waals surface area (Å²) in [5, 5.41) is 0. The van der Waals surface area contributed by atoms with Crippen molar-refractivity contribution < 1.29 is 49.3 Å². The van der Waals surface area contributed by atoms with Gasteiger partial charge in [-0.3, -0.25) is 0 Å². The fourth-order valence-electron chi connectivity index (χ4n) is 4.22. The molecule has 0 saturated carbocycles. The number of ether oxygens (including phenoxy) is 3. The molecule has 2 aromatic carbocycles. The molecule has 0 N–H and O–H groups in total. The number of alkyl halides is 4. The smallest absolute Gasteiger partial charge is 0.343 e. The Kier molecular flexibility index (Phi) is 6.80. The summed E-state index contributed by atoms with van der Waals surface area (Å²) in [7, 11) is 0. The lowest BCUT2D eigenvalue weighted by atomic mass is 9.79. The summed E-state index contributed by atoms with van der Waals surface area (Å²) >= 11 is 0. The van der Waals surface area contributed by atoms with E-state index in [-0.39, 0.29) is 19.6 Å². The van der Waals surface area contributed by atoms with E-state index in [1.165, 1.54) is 6.92 Å². The lowest BCUT2D eigenvalue weighted by Crippen LogP contribution is -2.41. The fourth-order valence-corrected chi connectivity index (χ4v) is 4.22. The molecule has 0 bridgehead atoms. The van der Waals surface area contributed by atoms with Crippen molar-refractivity contribution in [1.82, 2.24) is 0 Å². The molecular weight excluding hydrogens is 500 g/mol. The number of halogens is 8. The van der Waals surface area contributed by atoms with E-state index in [0.29, 0.717) is 0 Å². The molecule has 1 unspecified atom stereocenters. The van der Waals surface area contributed by atoms with E-state index < -0.39 is 87.2 Å². The first-order valence-corrected chi connectivity index (χ1v) is 11.0. The molecule has 194 valence electrons. The van der Waals surface area contributed by atoms with Crippen LogP contribution in [0.25, 0.3) is 11.1 Å². The van der Waals surface area contributed by atoms with Gasteiger partial charge in [0.05, 0.1) is 17.7 Å². The second-order valence-electron chi connectivity index (χ2n) is 8.04. The van der Waals surface area contributed by atoms with Crippen LogP contribution in [0.5, 0.6) is 5.75 Å². The third-order valence-corrected chi connectivity index (χ3v) is 5.92. The Morgan fingerprint density at radius 2 is 1.42 bits per heavy atom. The average molecular weight is 520 g/mol. The Hall–Kier alpha value is -3.08. The van der Waals surface area contributed by atoms with Crippen molar-refractivity contribution in [2.75, 3.05) is 13.2 Å². The SMILES string of the molecule is CCOc1ccc2c(c1F)C(F)(F)C(F)(F)c1c-2ccc(COC2=CCC(OCC)C(F)=C2F)c1F. The first-order chi connectivity index (χ1) is 17.0. The van der Waals surface area contributed by atoms with Crippen LogP contribution in [0.4, 0.5) is 35.1 Å². The molecule has 0 saturated heterocycles. The molecular formula is C25H20F8O3. The molecule has 2 aliphatic carbocycles. The van der Waals surface area contributed by atoms with Crippen LogP contribution in [0.2, 0.25) is 0 Å². The van der Waals surface area contributed by atoms with Gasteiger partial charge in [0.25, 0.3) is 0 Å². The van der Waals surface area contributed by atoms with Crippen molar-refractivity contribution in [3.63, 3.8) is 0 Å². The molecule has 0 aromatic heterocycles. The minimum Gasteiger partial charge on any atom is -0.491 e. The van der Waals surface area contributed by atoms with Crippen LogP contribution >= 0.6 is 0 Å². The van der Waals surface area contributed by atoms with Crippen molar-refractivity contribution in [2.45, 2.75) is 44.8 Å². The van der Waals surface area contributed by atoms with E-state index in [1.807, 2.05) is 0 Å². The van der Waals surface area contributed by atoms with Crippen LogP contribution in [-0.4, -0.2) is 19.3 Å². The van der Waals surface area contributed by atoms with Gasteiger partial charge in [0.15, 0.2) is 29.0 Å². The average Bonchev–Trinajstić information content (AvgIpc) is 2.82. The summed E-state index contributed by atoms with van der Waals surface area (Å²) in [4.78, 5) is 0. The van der Waals surface area contributed by atoms with Gasteiger partial charge in [-0.15, -0.1) is 0 Å². The van der Waals surface area contributed by atoms with Gasteiger partial charge in [-0.05, 0) is 43.2 Å². The van der Waals surface area contributed by atoms with Gasteiger partial charge in [0, 0.05) is 18.6 Å². The lowest BCUT2D eigenvalue weighted by molar-refractivity contribution is -0.228. The van der Waals surface area contributed by atoms with E-state index in [0.717, 1.165) is 30.3 Å². The van der Waals surface area contributed by atoms with E-state index in [2.05, 4.69) is 0 Å². The molecule has 3 nitrogen and oxygen atoms in total. The third kappa shape index (κ3) is 3.93. The zero-order valence-electron chi connectivity index (χ0n) is 19.0. The van der Waals surface area contributed by atoms with Crippen molar-refractivity contribution in [2.24, 2.45) is 0 Å². The molecule has 11 heteroatoms. The quantitative estimate of drug-likeness (QED) is 0.352. The summed E-state index contributed by atoms with van der Waals surface area (Å²) in [6.07, 6.45) is -0.106. The number of hydrogen-bond acceptors (Lipinski definition) is 3. The Labute approximate surface area is 201 Å². The largest absolute Gasteiger partial charge is 0.491 e. The molecule has 0 radical (unpaired) electrons. The summed E-state index contributed by atoms with van der Waals surface area (Å²) in [5.74, 6) is -17.6. The zero-order valence-corrected chi connectivity index (χ0v) is 19.0. The summed E-state index contributed by atoms with van der Waals surface area (Å²) in [6, 6.07) is 3.83. The molecule has 0 heterocycles. The Balaban J connectivity index is 1.73. The van der Waals surface area contributed by atoms with Crippen LogP contribution in [0, 0.1) is 11.6 Å². The molecule has 2 aromatic rings. The standard InChI is InChI=1S/C25H20F8O3/c1-3-34-15-8-7-14-13-6-5-12(11-36-17-10-9-16(35-4-2)22(28)23(17)29)20(26)18(13)24(30,31)25(32,33)19(14)21(15)27/h5-8,10,16H,3-4,9,11H2,1-2H3. The number of rotatable bonds is 7. The second kappa shape index (κ2) is 9.42. The maximum atomic E-state index is 15.2. The minimum atomic E-state index is -5.15. The van der Waals surface area contributed by atoms with Crippen molar-refractivity contribution in [3.8, 4) is 16.9 Å². The van der Waals surface area contributed by atoms with Crippen LogP contribution in [0.3, 0.4) is 0 Å². The van der Waals surface area contributed by atoms with E-state index >= 15 is 13.2 Å². The van der Waals surface area contributed by atoms with Crippen LogP contribution in [0.1, 0.15) is 37.0 Å². The Morgan fingerprint density at radius 1 is 0.806 bits per heavy atom. The number of benzene rings is 2. The predicted molar refractivity (Wildman–Crippen MR) is 113 cm³/mol. The first kappa shape index (κ1) is 26.0. The van der Waals surface area contributed by atoms with Gasteiger partial charge in [-0.1, -0.05) is 12.1 Å². The predicted octanol–water partition coefficient (Wildman–Crippen LogP) is 7.59. The molecule has 0 amide bonds. The van der Waals surface area contributed by atoms with Crippen molar-refractivity contribution >= 4 is 0 Å². The Morgan fingerprint density at radius 3 is 2.03 bits per heavy atom. The molecule has 0 spiro atoms. The maximum absolute atomic E-state index is 15.2. The molecule has 4 rings (SSSR count). The third-order valence-electron chi connectivity index (χ3n) is 5.92. The first-order valence-electron chi connectivity index (χ1n) is 11.0. The number of hydrogen-bond donors (Lipinski definition) is 0. The van der Waals surface area contributed by atoms with Gasteiger partial charge in [0.2, 0.25) is 0 Å². The van der Waals surface area contributed by atoms with E-state index in [4.69, 9.17) is 14.2 Å². The lowest BCUT2D eigenvalue weighted by Gasteiger charge is -2.35. The highest BCUT2D eigenvalue weighted by atomic mass is 19.3. The van der Waals surface area contributed by atoms with Gasteiger partial charge in [-0.25, -0.2) is 13.2 Å². The molecule has 0 fully saturated rings. The second-order valence-corrected chi connectivity index (χ2v) is 8.04. The van der Waals surface area contributed by atoms with Gasteiger partial charge in [-0.2, -0.15) is 22.0 Å². The molecule has 0 aliphatic heterocycles. The zero-order chi connectivity index (χ0) is 26.4. The minimum absolute atomic E-state index is 0.0918. The van der Waals surface area contributed by atoms with Gasteiger partial charge < -0.3 is 14.2 Å². The molecule has 36 heavy (non-hydrogen) atoms. The summed E-state index contributed by atoms with van der Waals surface area (Å²) < 4.78 is 133. The normalized spacial score (nSPS) is 19.9. The number of fused-ring (bicyclic) bond motifs is 3. The van der Waals surface area contributed by atoms with Crippen LogP contribution < -0.4 is 4.74 Å².